The quantitative estimate of drug-likeness (QED) is 0.934. The van der Waals surface area contributed by atoms with Crippen LogP contribution in [0.15, 0.2) is 30.3 Å². The predicted molar refractivity (Wildman–Crippen MR) is 83.5 cm³/mol. The highest BCUT2D eigenvalue weighted by Gasteiger charge is 2.36. The number of aliphatic carboxylic acids is 1. The smallest absolute Gasteiger partial charge is 0.306 e. The molecule has 2 fully saturated rings. The third kappa shape index (κ3) is 3.16. The SMILES string of the molecule is O=C(O)[C@@H]1CC[C@H](C(=O)N2CCC(c3ccccc3)CC2)C1. The number of carboxylic acid groups (broad SMARTS) is 1. The largest absolute Gasteiger partial charge is 0.481 e. The zero-order chi connectivity index (χ0) is 15.5. The summed E-state index contributed by atoms with van der Waals surface area (Å²) >= 11 is 0. The second kappa shape index (κ2) is 6.51. The topological polar surface area (TPSA) is 57.6 Å². The summed E-state index contributed by atoms with van der Waals surface area (Å²) in [6.45, 7) is 1.60. The molecule has 22 heavy (non-hydrogen) atoms. The van der Waals surface area contributed by atoms with Crippen molar-refractivity contribution in [3.05, 3.63) is 35.9 Å². The third-order valence-electron chi connectivity index (χ3n) is 5.21. The van der Waals surface area contributed by atoms with Crippen molar-refractivity contribution in [2.24, 2.45) is 11.8 Å². The Kier molecular flexibility index (Phi) is 4.46. The number of nitrogens with zero attached hydrogens (tertiary/aromatic N) is 1. The molecule has 118 valence electrons. The van der Waals surface area contributed by atoms with Gasteiger partial charge in [-0.15, -0.1) is 0 Å². The van der Waals surface area contributed by atoms with Gasteiger partial charge in [-0.25, -0.2) is 0 Å². The Hall–Kier alpha value is -1.84. The van der Waals surface area contributed by atoms with Crippen LogP contribution in [0.3, 0.4) is 0 Å². The van der Waals surface area contributed by atoms with Gasteiger partial charge in [0.1, 0.15) is 0 Å². The third-order valence-corrected chi connectivity index (χ3v) is 5.21. The average molecular weight is 301 g/mol. The van der Waals surface area contributed by atoms with Gasteiger partial charge < -0.3 is 10.0 Å². The van der Waals surface area contributed by atoms with Gasteiger partial charge in [-0.3, -0.25) is 9.59 Å². The van der Waals surface area contributed by atoms with E-state index in [2.05, 4.69) is 24.3 Å². The van der Waals surface area contributed by atoms with Gasteiger partial charge in [0.05, 0.1) is 5.92 Å². The summed E-state index contributed by atoms with van der Waals surface area (Å²) in [5.74, 6) is -0.431. The van der Waals surface area contributed by atoms with Crippen molar-refractivity contribution in [2.75, 3.05) is 13.1 Å². The maximum absolute atomic E-state index is 12.5. The lowest BCUT2D eigenvalue weighted by Gasteiger charge is -2.33. The molecule has 1 saturated heterocycles. The molecule has 0 radical (unpaired) electrons. The first-order chi connectivity index (χ1) is 10.6. The molecule has 1 aliphatic heterocycles. The Morgan fingerprint density at radius 3 is 2.18 bits per heavy atom. The second-order valence-electron chi connectivity index (χ2n) is 6.56. The van der Waals surface area contributed by atoms with E-state index in [1.165, 1.54) is 5.56 Å². The Morgan fingerprint density at radius 1 is 0.955 bits per heavy atom. The minimum Gasteiger partial charge on any atom is -0.481 e. The fraction of sp³-hybridized carbons (Fsp3) is 0.556. The lowest BCUT2D eigenvalue weighted by atomic mass is 9.89. The molecule has 1 aliphatic carbocycles. The van der Waals surface area contributed by atoms with Crippen molar-refractivity contribution in [3.8, 4) is 0 Å². The maximum atomic E-state index is 12.5. The van der Waals surface area contributed by atoms with E-state index in [0.717, 1.165) is 32.4 Å². The summed E-state index contributed by atoms with van der Waals surface area (Å²) in [4.78, 5) is 25.5. The van der Waals surface area contributed by atoms with Gasteiger partial charge >= 0.3 is 5.97 Å². The maximum Gasteiger partial charge on any atom is 0.306 e. The first-order valence-corrected chi connectivity index (χ1v) is 8.21. The fourth-order valence-electron chi connectivity index (χ4n) is 3.85. The molecule has 1 aromatic carbocycles. The van der Waals surface area contributed by atoms with E-state index in [0.29, 0.717) is 18.8 Å². The monoisotopic (exact) mass is 301 g/mol. The van der Waals surface area contributed by atoms with Crippen molar-refractivity contribution in [2.45, 2.75) is 38.0 Å². The van der Waals surface area contributed by atoms with Crippen LogP contribution in [-0.4, -0.2) is 35.0 Å². The standard InChI is InChI=1S/C18H23NO3/c20-17(15-6-7-16(12-15)18(21)22)19-10-8-14(9-11-19)13-4-2-1-3-5-13/h1-5,14-16H,6-12H2,(H,21,22)/t15-,16+/m0/s1. The highest BCUT2D eigenvalue weighted by atomic mass is 16.4. The molecule has 4 nitrogen and oxygen atoms in total. The van der Waals surface area contributed by atoms with Gasteiger partial charge in [0.25, 0.3) is 0 Å². The second-order valence-corrected chi connectivity index (χ2v) is 6.56. The predicted octanol–water partition coefficient (Wildman–Crippen LogP) is 2.89. The van der Waals surface area contributed by atoms with E-state index >= 15 is 0 Å². The number of carbonyl (C=O) groups is 2. The Labute approximate surface area is 131 Å². The average Bonchev–Trinajstić information content (AvgIpc) is 3.05. The Balaban J connectivity index is 1.53. The molecule has 0 unspecified atom stereocenters. The van der Waals surface area contributed by atoms with Crippen LogP contribution in [0.4, 0.5) is 0 Å². The van der Waals surface area contributed by atoms with Crippen molar-refractivity contribution >= 4 is 11.9 Å². The van der Waals surface area contributed by atoms with Gasteiger partial charge in [0, 0.05) is 19.0 Å². The number of carboxylic acids is 1. The molecular weight excluding hydrogens is 278 g/mol. The van der Waals surface area contributed by atoms with E-state index in [1.807, 2.05) is 11.0 Å². The molecule has 2 atom stereocenters. The molecule has 1 N–H and O–H groups in total. The zero-order valence-corrected chi connectivity index (χ0v) is 12.8. The van der Waals surface area contributed by atoms with Gasteiger partial charge in [0.2, 0.25) is 5.91 Å². The number of rotatable bonds is 3. The lowest BCUT2D eigenvalue weighted by molar-refractivity contribution is -0.141. The van der Waals surface area contributed by atoms with Crippen molar-refractivity contribution < 1.29 is 14.7 Å². The Morgan fingerprint density at radius 2 is 1.59 bits per heavy atom. The molecule has 4 heteroatoms. The number of carbonyl (C=O) groups excluding carboxylic acids is 1. The number of piperidine rings is 1. The normalized spacial score (nSPS) is 26.1. The summed E-state index contributed by atoms with van der Waals surface area (Å²) in [6.07, 6.45) is 3.91. The van der Waals surface area contributed by atoms with Crippen molar-refractivity contribution in [1.82, 2.24) is 4.90 Å². The van der Waals surface area contributed by atoms with E-state index in [1.54, 1.807) is 0 Å². The van der Waals surface area contributed by atoms with Gasteiger partial charge in [-0.1, -0.05) is 30.3 Å². The lowest BCUT2D eigenvalue weighted by Crippen LogP contribution is -2.41. The summed E-state index contributed by atoms with van der Waals surface area (Å²) < 4.78 is 0. The van der Waals surface area contributed by atoms with E-state index < -0.39 is 5.97 Å². The highest BCUT2D eigenvalue weighted by molar-refractivity contribution is 5.81. The molecule has 0 bridgehead atoms. The summed E-state index contributed by atoms with van der Waals surface area (Å²) in [7, 11) is 0. The van der Waals surface area contributed by atoms with Crippen molar-refractivity contribution in [1.29, 1.82) is 0 Å². The molecular formula is C18H23NO3. The molecule has 3 rings (SSSR count). The van der Waals surface area contributed by atoms with E-state index in [4.69, 9.17) is 5.11 Å². The Bertz CT molecular complexity index is 535. The number of hydrogen-bond donors (Lipinski definition) is 1. The molecule has 1 heterocycles. The molecule has 2 aliphatic rings. The molecule has 1 amide bonds. The summed E-state index contributed by atoms with van der Waals surface area (Å²) in [6, 6.07) is 10.5. The van der Waals surface area contributed by atoms with Crippen LogP contribution in [0.1, 0.15) is 43.6 Å². The van der Waals surface area contributed by atoms with Gasteiger partial charge in [-0.2, -0.15) is 0 Å². The first-order valence-electron chi connectivity index (χ1n) is 8.21. The summed E-state index contributed by atoms with van der Waals surface area (Å²) in [5, 5.41) is 9.06. The van der Waals surface area contributed by atoms with Crippen LogP contribution in [0, 0.1) is 11.8 Å². The molecule has 1 saturated carbocycles. The molecule has 0 aromatic heterocycles. The van der Waals surface area contributed by atoms with Crippen LogP contribution in [0.25, 0.3) is 0 Å². The van der Waals surface area contributed by atoms with Gasteiger partial charge in [-0.05, 0) is 43.6 Å². The first kappa shape index (κ1) is 15.1. The van der Waals surface area contributed by atoms with E-state index in [9.17, 15) is 9.59 Å². The van der Waals surface area contributed by atoms with Crippen LogP contribution in [0.2, 0.25) is 0 Å². The number of likely N-dealkylation sites (tertiary alicyclic amines) is 1. The fourth-order valence-corrected chi connectivity index (χ4v) is 3.85. The minimum absolute atomic E-state index is 0.0747. The van der Waals surface area contributed by atoms with Crippen molar-refractivity contribution in [3.63, 3.8) is 0 Å². The number of benzene rings is 1. The number of amides is 1. The van der Waals surface area contributed by atoms with Crippen LogP contribution in [-0.2, 0) is 9.59 Å². The number of hydrogen-bond acceptors (Lipinski definition) is 2. The van der Waals surface area contributed by atoms with Crippen LogP contribution in [0.5, 0.6) is 0 Å². The van der Waals surface area contributed by atoms with Crippen LogP contribution >= 0.6 is 0 Å². The van der Waals surface area contributed by atoms with E-state index in [-0.39, 0.29) is 17.7 Å². The minimum atomic E-state index is -0.752. The van der Waals surface area contributed by atoms with Crippen LogP contribution < -0.4 is 0 Å². The van der Waals surface area contributed by atoms with Gasteiger partial charge in [0.15, 0.2) is 0 Å². The molecule has 1 aromatic rings. The molecule has 0 spiro atoms. The summed E-state index contributed by atoms with van der Waals surface area (Å²) in [5.41, 5.74) is 1.36. The highest BCUT2D eigenvalue weighted by Crippen LogP contribution is 2.34. The zero-order valence-electron chi connectivity index (χ0n) is 12.8.